The Hall–Kier alpha value is -0.780. The first-order valence-electron chi connectivity index (χ1n) is 6.50. The number of carbonyl (C=O) groups excluding carboxylic acids is 1. The van der Waals surface area contributed by atoms with Crippen molar-refractivity contribution in [3.05, 3.63) is 0 Å². The Morgan fingerprint density at radius 2 is 1.61 bits per heavy atom. The van der Waals surface area contributed by atoms with E-state index in [4.69, 9.17) is 0 Å². The SMILES string of the molecule is O=C(C1CC1)N1CC2CN(CC(F)(F)F)CC2C1. The van der Waals surface area contributed by atoms with Gasteiger partial charge >= 0.3 is 6.18 Å². The number of nitrogens with zero attached hydrogens (tertiary/aromatic N) is 2. The Morgan fingerprint density at radius 1 is 1.06 bits per heavy atom. The Labute approximate surface area is 104 Å². The minimum atomic E-state index is -4.11. The summed E-state index contributed by atoms with van der Waals surface area (Å²) < 4.78 is 36.9. The van der Waals surface area contributed by atoms with Gasteiger partial charge in [-0.25, -0.2) is 0 Å². The predicted molar refractivity (Wildman–Crippen MR) is 58.8 cm³/mol. The van der Waals surface area contributed by atoms with Gasteiger partial charge in [0, 0.05) is 32.1 Å². The van der Waals surface area contributed by atoms with Gasteiger partial charge in [-0.2, -0.15) is 13.2 Å². The minimum absolute atomic E-state index is 0.218. The summed E-state index contributed by atoms with van der Waals surface area (Å²) in [5.74, 6) is 0.937. The molecule has 1 aliphatic carbocycles. The van der Waals surface area contributed by atoms with Crippen molar-refractivity contribution in [1.82, 2.24) is 9.80 Å². The van der Waals surface area contributed by atoms with Crippen LogP contribution in [0.2, 0.25) is 0 Å². The van der Waals surface area contributed by atoms with Gasteiger partial charge in [-0.15, -0.1) is 0 Å². The molecule has 0 N–H and O–H groups in total. The zero-order chi connectivity index (χ0) is 12.9. The third-order valence-corrected chi connectivity index (χ3v) is 4.20. The highest BCUT2D eigenvalue weighted by Crippen LogP contribution is 2.37. The van der Waals surface area contributed by atoms with E-state index in [1.807, 2.05) is 4.90 Å². The van der Waals surface area contributed by atoms with E-state index >= 15 is 0 Å². The van der Waals surface area contributed by atoms with Crippen LogP contribution in [0.1, 0.15) is 12.8 Å². The molecule has 2 atom stereocenters. The molecule has 1 amide bonds. The van der Waals surface area contributed by atoms with E-state index in [0.29, 0.717) is 26.2 Å². The second-order valence-electron chi connectivity index (χ2n) is 5.85. The third-order valence-electron chi connectivity index (χ3n) is 4.20. The maximum atomic E-state index is 12.3. The monoisotopic (exact) mass is 262 g/mol. The van der Waals surface area contributed by atoms with Crippen LogP contribution in [-0.4, -0.2) is 54.6 Å². The number of carbonyl (C=O) groups is 1. The first kappa shape index (κ1) is 12.3. The summed E-state index contributed by atoms with van der Waals surface area (Å²) >= 11 is 0. The van der Waals surface area contributed by atoms with Gasteiger partial charge in [0.25, 0.3) is 0 Å². The minimum Gasteiger partial charge on any atom is -0.342 e. The van der Waals surface area contributed by atoms with Crippen molar-refractivity contribution in [3.63, 3.8) is 0 Å². The summed E-state index contributed by atoms with van der Waals surface area (Å²) in [5.41, 5.74) is 0. The summed E-state index contributed by atoms with van der Waals surface area (Å²) in [6.45, 7) is 1.48. The number of hydrogen-bond donors (Lipinski definition) is 0. The number of alkyl halides is 3. The second-order valence-corrected chi connectivity index (χ2v) is 5.85. The smallest absolute Gasteiger partial charge is 0.342 e. The summed E-state index contributed by atoms with van der Waals surface area (Å²) in [6, 6.07) is 0. The molecule has 0 aromatic heterocycles. The fourth-order valence-corrected chi connectivity index (χ4v) is 3.24. The average molecular weight is 262 g/mol. The number of halogens is 3. The lowest BCUT2D eigenvalue weighted by atomic mass is 10.0. The van der Waals surface area contributed by atoms with E-state index < -0.39 is 12.7 Å². The lowest BCUT2D eigenvalue weighted by Crippen LogP contribution is -2.37. The molecule has 3 rings (SSSR count). The summed E-state index contributed by atoms with van der Waals surface area (Å²) in [5, 5.41) is 0. The number of amides is 1. The Morgan fingerprint density at radius 3 is 2.06 bits per heavy atom. The lowest BCUT2D eigenvalue weighted by Gasteiger charge is -2.22. The van der Waals surface area contributed by atoms with Crippen LogP contribution in [0.15, 0.2) is 0 Å². The lowest BCUT2D eigenvalue weighted by molar-refractivity contribution is -0.145. The molecule has 3 aliphatic rings. The Kier molecular flexibility index (Phi) is 2.80. The van der Waals surface area contributed by atoms with Crippen LogP contribution >= 0.6 is 0 Å². The van der Waals surface area contributed by atoms with Crippen molar-refractivity contribution >= 4 is 5.91 Å². The molecule has 2 aliphatic heterocycles. The molecule has 0 aromatic carbocycles. The van der Waals surface area contributed by atoms with Gasteiger partial charge in [-0.1, -0.05) is 0 Å². The Balaban J connectivity index is 1.52. The van der Waals surface area contributed by atoms with E-state index in [1.165, 1.54) is 4.90 Å². The molecule has 1 saturated carbocycles. The highest BCUT2D eigenvalue weighted by atomic mass is 19.4. The van der Waals surface area contributed by atoms with Crippen LogP contribution < -0.4 is 0 Å². The quantitative estimate of drug-likeness (QED) is 0.750. The first-order valence-corrected chi connectivity index (χ1v) is 6.50. The highest BCUT2D eigenvalue weighted by molar-refractivity contribution is 5.81. The zero-order valence-corrected chi connectivity index (χ0v) is 10.1. The number of likely N-dealkylation sites (tertiary alicyclic amines) is 2. The van der Waals surface area contributed by atoms with Crippen molar-refractivity contribution in [2.24, 2.45) is 17.8 Å². The van der Waals surface area contributed by atoms with Crippen LogP contribution in [0.5, 0.6) is 0 Å². The fourth-order valence-electron chi connectivity index (χ4n) is 3.24. The zero-order valence-electron chi connectivity index (χ0n) is 10.1. The van der Waals surface area contributed by atoms with E-state index in [2.05, 4.69) is 0 Å². The molecule has 3 fully saturated rings. The van der Waals surface area contributed by atoms with Crippen LogP contribution in [0.25, 0.3) is 0 Å². The van der Waals surface area contributed by atoms with Gasteiger partial charge in [0.2, 0.25) is 5.91 Å². The van der Waals surface area contributed by atoms with Gasteiger partial charge in [0.05, 0.1) is 6.54 Å². The largest absolute Gasteiger partial charge is 0.401 e. The van der Waals surface area contributed by atoms with Crippen molar-refractivity contribution in [2.45, 2.75) is 19.0 Å². The normalized spacial score (nSPS) is 32.9. The number of rotatable bonds is 2. The van der Waals surface area contributed by atoms with Gasteiger partial charge in [0.15, 0.2) is 0 Å². The summed E-state index contributed by atoms with van der Waals surface area (Å²) in [4.78, 5) is 15.2. The molecule has 102 valence electrons. The molecular weight excluding hydrogens is 245 g/mol. The Bertz CT molecular complexity index is 340. The third kappa shape index (κ3) is 2.48. The van der Waals surface area contributed by atoms with Crippen molar-refractivity contribution in [3.8, 4) is 0 Å². The standard InChI is InChI=1S/C12H17F3N2O/c13-12(14,15)7-16-3-9-5-17(6-10(9)4-16)11(18)8-1-2-8/h8-10H,1-7H2. The summed E-state index contributed by atoms with van der Waals surface area (Å²) in [7, 11) is 0. The highest BCUT2D eigenvalue weighted by Gasteiger charge is 2.46. The van der Waals surface area contributed by atoms with Crippen molar-refractivity contribution in [1.29, 1.82) is 0 Å². The molecule has 0 spiro atoms. The van der Waals surface area contributed by atoms with E-state index in [1.54, 1.807) is 0 Å². The summed E-state index contributed by atoms with van der Waals surface area (Å²) in [6.07, 6.45) is -2.13. The molecular formula is C12H17F3N2O. The van der Waals surface area contributed by atoms with Crippen molar-refractivity contribution < 1.29 is 18.0 Å². The van der Waals surface area contributed by atoms with E-state index in [0.717, 1.165) is 12.8 Å². The maximum Gasteiger partial charge on any atom is 0.401 e. The van der Waals surface area contributed by atoms with Crippen LogP contribution in [0, 0.1) is 17.8 Å². The van der Waals surface area contributed by atoms with Gasteiger partial charge in [-0.05, 0) is 24.7 Å². The van der Waals surface area contributed by atoms with Crippen LogP contribution in [-0.2, 0) is 4.79 Å². The predicted octanol–water partition coefficient (Wildman–Crippen LogP) is 1.35. The molecule has 0 aromatic rings. The van der Waals surface area contributed by atoms with Gasteiger partial charge in [-0.3, -0.25) is 9.69 Å². The molecule has 6 heteroatoms. The van der Waals surface area contributed by atoms with Crippen LogP contribution in [0.4, 0.5) is 13.2 Å². The molecule has 18 heavy (non-hydrogen) atoms. The van der Waals surface area contributed by atoms with Crippen LogP contribution in [0.3, 0.4) is 0 Å². The number of hydrogen-bond acceptors (Lipinski definition) is 2. The van der Waals surface area contributed by atoms with Gasteiger partial charge < -0.3 is 4.90 Å². The van der Waals surface area contributed by atoms with Gasteiger partial charge in [0.1, 0.15) is 0 Å². The number of fused-ring (bicyclic) bond motifs is 1. The van der Waals surface area contributed by atoms with E-state index in [-0.39, 0.29) is 23.7 Å². The molecule has 0 radical (unpaired) electrons. The van der Waals surface area contributed by atoms with E-state index in [9.17, 15) is 18.0 Å². The van der Waals surface area contributed by atoms with Crippen molar-refractivity contribution in [2.75, 3.05) is 32.7 Å². The molecule has 2 heterocycles. The second kappa shape index (κ2) is 4.11. The fraction of sp³-hybridized carbons (Fsp3) is 0.917. The maximum absolute atomic E-state index is 12.3. The molecule has 3 nitrogen and oxygen atoms in total. The molecule has 2 saturated heterocycles. The first-order chi connectivity index (χ1) is 8.42. The topological polar surface area (TPSA) is 23.6 Å². The molecule has 0 bridgehead atoms. The molecule has 2 unspecified atom stereocenters. The average Bonchev–Trinajstić information content (AvgIpc) is 2.90.